The maximum absolute atomic E-state index is 12.8. The van der Waals surface area contributed by atoms with Crippen molar-refractivity contribution in [1.29, 1.82) is 0 Å². The topological polar surface area (TPSA) is 33.2 Å². The van der Waals surface area contributed by atoms with Crippen molar-refractivity contribution in [2.24, 2.45) is 0 Å². The van der Waals surface area contributed by atoms with Crippen molar-refractivity contribution in [3.8, 4) is 0 Å². The average molecular weight is 396 g/mol. The molecule has 0 radical (unpaired) electrons. The van der Waals surface area contributed by atoms with E-state index in [1.165, 1.54) is 0 Å². The van der Waals surface area contributed by atoms with Crippen LogP contribution < -0.4 is 0 Å². The van der Waals surface area contributed by atoms with E-state index < -0.39 is 0 Å². The minimum atomic E-state index is -0.277. The first-order chi connectivity index (χ1) is 10.5. The second kappa shape index (κ2) is 6.54. The van der Waals surface area contributed by atoms with Crippen LogP contribution in [0.2, 0.25) is 20.2 Å². The summed E-state index contributed by atoms with van der Waals surface area (Å²) < 4.78 is 0. The standard InChI is InChI=1S/C14H10Cl4N2OS/c15-9-10(16)12(19-13(18)11(9)17)14(21)20(7-3-4-7)6-8-2-1-5-22-8/h1-2,5,7H,3-4,6H2. The van der Waals surface area contributed by atoms with Crippen molar-refractivity contribution < 1.29 is 4.79 Å². The van der Waals surface area contributed by atoms with Gasteiger partial charge in [0.25, 0.3) is 5.91 Å². The maximum Gasteiger partial charge on any atom is 0.274 e. The molecular formula is C14H10Cl4N2OS. The Kier molecular flexibility index (Phi) is 4.86. The molecule has 1 saturated carbocycles. The van der Waals surface area contributed by atoms with Crippen LogP contribution in [0.4, 0.5) is 0 Å². The smallest absolute Gasteiger partial charge is 0.274 e. The van der Waals surface area contributed by atoms with Gasteiger partial charge < -0.3 is 4.90 Å². The average Bonchev–Trinajstić information content (AvgIpc) is 3.22. The molecule has 2 aromatic heterocycles. The number of nitrogens with zero attached hydrogens (tertiary/aromatic N) is 2. The van der Waals surface area contributed by atoms with Crippen LogP contribution in [0.25, 0.3) is 0 Å². The minimum absolute atomic E-state index is 0.0220. The summed E-state index contributed by atoms with van der Waals surface area (Å²) in [6.07, 6.45) is 1.95. The highest BCUT2D eigenvalue weighted by Gasteiger charge is 2.35. The molecule has 116 valence electrons. The van der Waals surface area contributed by atoms with Crippen molar-refractivity contribution in [2.75, 3.05) is 0 Å². The molecule has 2 aromatic rings. The van der Waals surface area contributed by atoms with E-state index in [-0.39, 0.29) is 37.9 Å². The number of rotatable bonds is 4. The molecule has 0 spiro atoms. The SMILES string of the molecule is O=C(c1nc(Cl)c(Cl)c(Cl)c1Cl)N(Cc1cccs1)C1CC1. The molecule has 2 heterocycles. The van der Waals surface area contributed by atoms with Crippen LogP contribution in [0.15, 0.2) is 17.5 Å². The molecule has 1 amide bonds. The summed E-state index contributed by atoms with van der Waals surface area (Å²) in [5.41, 5.74) is 0.0459. The normalized spacial score (nSPS) is 14.2. The van der Waals surface area contributed by atoms with E-state index in [0.29, 0.717) is 6.54 Å². The van der Waals surface area contributed by atoms with Gasteiger partial charge in [-0.05, 0) is 24.3 Å². The van der Waals surface area contributed by atoms with Gasteiger partial charge in [-0.3, -0.25) is 4.79 Å². The van der Waals surface area contributed by atoms with Gasteiger partial charge in [0.15, 0.2) is 0 Å². The molecule has 1 fully saturated rings. The Hall–Kier alpha value is -0.520. The lowest BCUT2D eigenvalue weighted by Gasteiger charge is -2.22. The number of carbonyl (C=O) groups is 1. The van der Waals surface area contributed by atoms with E-state index in [4.69, 9.17) is 46.4 Å². The Morgan fingerprint density at radius 3 is 2.55 bits per heavy atom. The summed E-state index contributed by atoms with van der Waals surface area (Å²) >= 11 is 25.6. The van der Waals surface area contributed by atoms with Crippen molar-refractivity contribution in [1.82, 2.24) is 9.88 Å². The van der Waals surface area contributed by atoms with Crippen LogP contribution >= 0.6 is 57.7 Å². The van der Waals surface area contributed by atoms with Crippen LogP contribution in [0.5, 0.6) is 0 Å². The van der Waals surface area contributed by atoms with Crippen molar-refractivity contribution >= 4 is 63.6 Å². The van der Waals surface area contributed by atoms with E-state index in [1.54, 1.807) is 16.2 Å². The van der Waals surface area contributed by atoms with Crippen molar-refractivity contribution in [2.45, 2.75) is 25.4 Å². The van der Waals surface area contributed by atoms with Crippen molar-refractivity contribution in [3.05, 3.63) is 48.3 Å². The number of pyridine rings is 1. The molecule has 0 saturated heterocycles. The number of amides is 1. The zero-order chi connectivity index (χ0) is 15.9. The molecule has 0 bridgehead atoms. The van der Waals surface area contributed by atoms with Crippen molar-refractivity contribution in [3.63, 3.8) is 0 Å². The van der Waals surface area contributed by atoms with Crippen LogP contribution in [0.3, 0.4) is 0 Å². The molecular weight excluding hydrogens is 386 g/mol. The van der Waals surface area contributed by atoms with Gasteiger partial charge in [-0.25, -0.2) is 4.98 Å². The predicted molar refractivity (Wildman–Crippen MR) is 91.5 cm³/mol. The second-order valence-electron chi connectivity index (χ2n) is 4.94. The Bertz CT molecular complexity index is 716. The van der Waals surface area contributed by atoms with Gasteiger partial charge in [0.05, 0.1) is 21.6 Å². The van der Waals surface area contributed by atoms with E-state index >= 15 is 0 Å². The third-order valence-corrected chi connectivity index (χ3v) is 5.88. The molecule has 1 aliphatic rings. The fraction of sp³-hybridized carbons (Fsp3) is 0.286. The highest BCUT2D eigenvalue weighted by Crippen LogP contribution is 2.38. The van der Waals surface area contributed by atoms with E-state index in [1.807, 2.05) is 17.5 Å². The fourth-order valence-corrected chi connectivity index (χ4v) is 3.60. The summed E-state index contributed by atoms with van der Waals surface area (Å²) in [4.78, 5) is 19.7. The Balaban J connectivity index is 1.94. The summed E-state index contributed by atoms with van der Waals surface area (Å²) in [5, 5.41) is 2.11. The third kappa shape index (κ3) is 3.22. The van der Waals surface area contributed by atoms with E-state index in [2.05, 4.69) is 4.98 Å². The Morgan fingerprint density at radius 1 is 1.23 bits per heavy atom. The third-order valence-electron chi connectivity index (χ3n) is 3.34. The van der Waals surface area contributed by atoms with Gasteiger partial charge in [-0.15, -0.1) is 11.3 Å². The number of hydrogen-bond acceptors (Lipinski definition) is 3. The van der Waals surface area contributed by atoms with Gasteiger partial charge in [0.1, 0.15) is 10.8 Å². The van der Waals surface area contributed by atoms with Gasteiger partial charge in [-0.2, -0.15) is 0 Å². The van der Waals surface area contributed by atoms with Gasteiger partial charge in [0, 0.05) is 10.9 Å². The van der Waals surface area contributed by atoms with Crippen LogP contribution in [-0.4, -0.2) is 21.8 Å². The number of aromatic nitrogens is 1. The summed E-state index contributed by atoms with van der Waals surface area (Å²) in [6.45, 7) is 0.525. The first kappa shape index (κ1) is 16.3. The largest absolute Gasteiger partial charge is 0.329 e. The highest BCUT2D eigenvalue weighted by molar-refractivity contribution is 7.09. The zero-order valence-corrected chi connectivity index (χ0v) is 15.0. The predicted octanol–water partition coefficient (Wildman–Crippen LogP) is 5.56. The molecule has 3 rings (SSSR count). The number of hydrogen-bond donors (Lipinski definition) is 0. The molecule has 8 heteroatoms. The van der Waals surface area contributed by atoms with Crippen LogP contribution in [0, 0.1) is 0 Å². The molecule has 3 nitrogen and oxygen atoms in total. The lowest BCUT2D eigenvalue weighted by atomic mass is 10.3. The Morgan fingerprint density at radius 2 is 1.95 bits per heavy atom. The van der Waals surface area contributed by atoms with Crippen LogP contribution in [0.1, 0.15) is 28.2 Å². The first-order valence-electron chi connectivity index (χ1n) is 6.52. The summed E-state index contributed by atoms with van der Waals surface area (Å²) in [6, 6.07) is 4.15. The maximum atomic E-state index is 12.8. The molecule has 1 aliphatic carbocycles. The number of carbonyl (C=O) groups excluding carboxylic acids is 1. The zero-order valence-electron chi connectivity index (χ0n) is 11.2. The first-order valence-corrected chi connectivity index (χ1v) is 8.91. The number of halogens is 4. The fourth-order valence-electron chi connectivity index (χ4n) is 2.09. The lowest BCUT2D eigenvalue weighted by Crippen LogP contribution is -2.33. The minimum Gasteiger partial charge on any atom is -0.329 e. The lowest BCUT2D eigenvalue weighted by molar-refractivity contribution is 0.0726. The van der Waals surface area contributed by atoms with Crippen LogP contribution in [-0.2, 0) is 6.54 Å². The van der Waals surface area contributed by atoms with Gasteiger partial charge in [0.2, 0.25) is 0 Å². The second-order valence-corrected chi connectivity index (χ2v) is 7.46. The number of thiophene rings is 1. The van der Waals surface area contributed by atoms with Gasteiger partial charge >= 0.3 is 0 Å². The summed E-state index contributed by atoms with van der Waals surface area (Å²) in [5.74, 6) is -0.277. The van der Waals surface area contributed by atoms with Gasteiger partial charge in [-0.1, -0.05) is 52.5 Å². The highest BCUT2D eigenvalue weighted by atomic mass is 35.5. The molecule has 0 unspecified atom stereocenters. The molecule has 0 N–H and O–H groups in total. The molecule has 22 heavy (non-hydrogen) atoms. The molecule has 0 aliphatic heterocycles. The quantitative estimate of drug-likeness (QED) is 0.634. The Labute approximate surface area is 151 Å². The van der Waals surface area contributed by atoms with E-state index in [0.717, 1.165) is 17.7 Å². The molecule has 0 aromatic carbocycles. The molecule has 0 atom stereocenters. The monoisotopic (exact) mass is 394 g/mol. The van der Waals surface area contributed by atoms with E-state index in [9.17, 15) is 4.79 Å². The summed E-state index contributed by atoms with van der Waals surface area (Å²) in [7, 11) is 0.